The molecule has 0 spiro atoms. The van der Waals surface area contributed by atoms with Crippen molar-refractivity contribution in [1.29, 1.82) is 0 Å². The van der Waals surface area contributed by atoms with Crippen LogP contribution in [0.4, 0.5) is 0 Å². The third kappa shape index (κ3) is 5.16. The summed E-state index contributed by atoms with van der Waals surface area (Å²) < 4.78 is 23.3. The maximum absolute atomic E-state index is 11.6. The first kappa shape index (κ1) is 15.9. The van der Waals surface area contributed by atoms with E-state index < -0.39 is 21.1 Å². The van der Waals surface area contributed by atoms with E-state index in [0.29, 0.717) is 0 Å². The van der Waals surface area contributed by atoms with Gasteiger partial charge in [-0.05, 0) is 12.8 Å². The minimum absolute atomic E-state index is 0.0410. The normalized spacial score (nSPS) is 13.1. The Morgan fingerprint density at radius 3 is 2.18 bits per heavy atom. The van der Waals surface area contributed by atoms with Gasteiger partial charge in [0.2, 0.25) is 5.91 Å². The number of aliphatic carboxylic acids is 1. The van der Waals surface area contributed by atoms with Crippen LogP contribution in [0.15, 0.2) is 0 Å². The Labute approximate surface area is 102 Å². The van der Waals surface area contributed by atoms with Crippen LogP contribution >= 0.6 is 0 Å². The standard InChI is InChI=1S/C10H19NO5S/c1-4-8(10(13)14)17(15,16)7-5-6-9(12)11(2)3/h8H,4-7H2,1-3H3,(H,13,14). The van der Waals surface area contributed by atoms with Crippen LogP contribution in [0, 0.1) is 0 Å². The first-order chi connectivity index (χ1) is 7.72. The molecule has 0 radical (unpaired) electrons. The lowest BCUT2D eigenvalue weighted by Gasteiger charge is -2.12. The second-order valence-electron chi connectivity index (χ2n) is 3.99. The van der Waals surface area contributed by atoms with E-state index in [1.807, 2.05) is 0 Å². The van der Waals surface area contributed by atoms with Crippen molar-refractivity contribution in [3.63, 3.8) is 0 Å². The quantitative estimate of drug-likeness (QED) is 0.706. The molecule has 100 valence electrons. The summed E-state index contributed by atoms with van der Waals surface area (Å²) in [6.07, 6.45) is 0.310. The van der Waals surface area contributed by atoms with Crippen LogP contribution in [0.1, 0.15) is 26.2 Å². The first-order valence-corrected chi connectivity index (χ1v) is 7.08. The lowest BCUT2D eigenvalue weighted by Crippen LogP contribution is -2.32. The molecule has 0 aromatic heterocycles. The SMILES string of the molecule is CCC(C(=O)O)S(=O)(=O)CCCC(=O)N(C)C. The number of carboxylic acids is 1. The molecule has 0 bridgehead atoms. The highest BCUT2D eigenvalue weighted by molar-refractivity contribution is 7.92. The molecule has 0 heterocycles. The molecule has 1 amide bonds. The van der Waals surface area contributed by atoms with Crippen LogP contribution in [0.3, 0.4) is 0 Å². The van der Waals surface area contributed by atoms with E-state index in [0.717, 1.165) is 0 Å². The topological polar surface area (TPSA) is 91.7 Å². The van der Waals surface area contributed by atoms with Gasteiger partial charge in [0.1, 0.15) is 0 Å². The fraction of sp³-hybridized carbons (Fsp3) is 0.800. The monoisotopic (exact) mass is 265 g/mol. The zero-order valence-corrected chi connectivity index (χ0v) is 11.2. The van der Waals surface area contributed by atoms with Crippen molar-refractivity contribution in [2.75, 3.05) is 19.8 Å². The zero-order valence-electron chi connectivity index (χ0n) is 10.3. The number of nitrogens with zero attached hydrogens (tertiary/aromatic N) is 1. The molecule has 0 aliphatic carbocycles. The third-order valence-corrected chi connectivity index (χ3v) is 4.66. The number of amides is 1. The molecule has 1 unspecified atom stereocenters. The average molecular weight is 265 g/mol. The van der Waals surface area contributed by atoms with Gasteiger partial charge in [0.05, 0.1) is 5.75 Å². The number of sulfone groups is 1. The van der Waals surface area contributed by atoms with E-state index in [-0.39, 0.29) is 30.9 Å². The summed E-state index contributed by atoms with van der Waals surface area (Å²) in [6, 6.07) is 0. The van der Waals surface area contributed by atoms with E-state index >= 15 is 0 Å². The predicted octanol–water partition coefficient (Wildman–Crippen LogP) is 0.133. The highest BCUT2D eigenvalue weighted by atomic mass is 32.2. The Bertz CT molecular complexity index is 374. The van der Waals surface area contributed by atoms with Crippen LogP contribution in [0.25, 0.3) is 0 Å². The second kappa shape index (κ2) is 6.58. The van der Waals surface area contributed by atoms with Gasteiger partial charge in [-0.1, -0.05) is 6.92 Å². The number of carboxylic acid groups (broad SMARTS) is 1. The van der Waals surface area contributed by atoms with Crippen molar-refractivity contribution in [3.05, 3.63) is 0 Å². The van der Waals surface area contributed by atoms with E-state index in [2.05, 4.69) is 0 Å². The highest BCUT2D eigenvalue weighted by Crippen LogP contribution is 2.10. The molecule has 6 nitrogen and oxygen atoms in total. The van der Waals surface area contributed by atoms with Gasteiger partial charge in [0.25, 0.3) is 0 Å². The summed E-state index contributed by atoms with van der Waals surface area (Å²) in [7, 11) is -0.491. The smallest absolute Gasteiger partial charge is 0.321 e. The molecule has 0 aliphatic rings. The average Bonchev–Trinajstić information content (AvgIpc) is 2.16. The number of carbonyl (C=O) groups excluding carboxylic acids is 1. The molecular formula is C10H19NO5S. The molecule has 0 aliphatic heterocycles. The summed E-state index contributed by atoms with van der Waals surface area (Å²) in [5, 5.41) is 7.39. The van der Waals surface area contributed by atoms with Crippen molar-refractivity contribution < 1.29 is 23.1 Å². The lowest BCUT2D eigenvalue weighted by atomic mass is 10.3. The molecular weight excluding hydrogens is 246 g/mol. The van der Waals surface area contributed by atoms with Crippen molar-refractivity contribution in [2.24, 2.45) is 0 Å². The Hall–Kier alpha value is -1.11. The van der Waals surface area contributed by atoms with Gasteiger partial charge in [-0.3, -0.25) is 9.59 Å². The maximum atomic E-state index is 11.6. The molecule has 1 N–H and O–H groups in total. The molecule has 0 saturated carbocycles. The van der Waals surface area contributed by atoms with Crippen molar-refractivity contribution in [3.8, 4) is 0 Å². The summed E-state index contributed by atoms with van der Waals surface area (Å²) in [4.78, 5) is 23.3. The van der Waals surface area contributed by atoms with Crippen LogP contribution < -0.4 is 0 Å². The molecule has 0 fully saturated rings. The van der Waals surface area contributed by atoms with Gasteiger partial charge in [0.15, 0.2) is 15.1 Å². The molecule has 17 heavy (non-hydrogen) atoms. The van der Waals surface area contributed by atoms with Crippen LogP contribution in [0.2, 0.25) is 0 Å². The van der Waals surface area contributed by atoms with Gasteiger partial charge in [-0.25, -0.2) is 8.42 Å². The summed E-state index contributed by atoms with van der Waals surface area (Å²) >= 11 is 0. The van der Waals surface area contributed by atoms with Crippen molar-refractivity contribution in [1.82, 2.24) is 4.90 Å². The Kier molecular flexibility index (Phi) is 6.15. The van der Waals surface area contributed by atoms with Gasteiger partial charge in [-0.15, -0.1) is 0 Å². The first-order valence-electron chi connectivity index (χ1n) is 5.37. The second-order valence-corrected chi connectivity index (χ2v) is 6.30. The molecule has 1 atom stereocenters. The Morgan fingerprint density at radius 2 is 1.82 bits per heavy atom. The number of rotatable bonds is 7. The van der Waals surface area contributed by atoms with E-state index in [1.165, 1.54) is 11.8 Å². The van der Waals surface area contributed by atoms with Gasteiger partial charge < -0.3 is 10.0 Å². The minimum atomic E-state index is -3.66. The molecule has 7 heteroatoms. The van der Waals surface area contributed by atoms with Crippen molar-refractivity contribution >= 4 is 21.7 Å². The Balaban J connectivity index is 4.37. The molecule has 0 saturated heterocycles. The van der Waals surface area contributed by atoms with Gasteiger partial charge in [0, 0.05) is 20.5 Å². The Morgan fingerprint density at radius 1 is 1.29 bits per heavy atom. The highest BCUT2D eigenvalue weighted by Gasteiger charge is 2.30. The predicted molar refractivity (Wildman–Crippen MR) is 63.4 cm³/mol. The van der Waals surface area contributed by atoms with E-state index in [9.17, 15) is 18.0 Å². The minimum Gasteiger partial charge on any atom is -0.480 e. The fourth-order valence-electron chi connectivity index (χ4n) is 1.37. The van der Waals surface area contributed by atoms with E-state index in [4.69, 9.17) is 5.11 Å². The number of hydrogen-bond donors (Lipinski definition) is 1. The van der Waals surface area contributed by atoms with E-state index in [1.54, 1.807) is 14.1 Å². The largest absolute Gasteiger partial charge is 0.480 e. The number of hydrogen-bond acceptors (Lipinski definition) is 4. The van der Waals surface area contributed by atoms with Crippen molar-refractivity contribution in [2.45, 2.75) is 31.4 Å². The molecule has 0 rings (SSSR count). The molecule has 0 aromatic rings. The molecule has 0 aromatic carbocycles. The number of carbonyl (C=O) groups is 2. The van der Waals surface area contributed by atoms with Gasteiger partial charge >= 0.3 is 5.97 Å². The lowest BCUT2D eigenvalue weighted by molar-refractivity contribution is -0.136. The third-order valence-electron chi connectivity index (χ3n) is 2.40. The zero-order chi connectivity index (χ0) is 13.6. The van der Waals surface area contributed by atoms with Gasteiger partial charge in [-0.2, -0.15) is 0 Å². The summed E-state index contributed by atoms with van der Waals surface area (Å²) in [6.45, 7) is 1.52. The summed E-state index contributed by atoms with van der Waals surface area (Å²) in [5.74, 6) is -1.76. The van der Waals surface area contributed by atoms with Crippen LogP contribution in [-0.2, 0) is 19.4 Å². The van der Waals surface area contributed by atoms with Crippen LogP contribution in [0.5, 0.6) is 0 Å². The fourth-order valence-corrected chi connectivity index (χ4v) is 3.02. The summed E-state index contributed by atoms with van der Waals surface area (Å²) in [5.41, 5.74) is 0. The maximum Gasteiger partial charge on any atom is 0.321 e. The van der Waals surface area contributed by atoms with Crippen LogP contribution in [-0.4, -0.2) is 55.4 Å².